The van der Waals surface area contributed by atoms with Gasteiger partial charge in [-0.1, -0.05) is 11.8 Å². The molecule has 1 aromatic rings. The van der Waals surface area contributed by atoms with Crippen LogP contribution in [0.2, 0.25) is 0 Å². The average Bonchev–Trinajstić information content (AvgIpc) is 2.83. The Hall–Kier alpha value is -1.57. The second-order valence-electron chi connectivity index (χ2n) is 4.72. The fourth-order valence-electron chi connectivity index (χ4n) is 1.52. The molecule has 0 spiro atoms. The molecule has 1 heterocycles. The highest BCUT2D eigenvalue weighted by Crippen LogP contribution is 2.18. The fraction of sp³-hybridized carbons (Fsp3) is 0.667. The van der Waals surface area contributed by atoms with Crippen molar-refractivity contribution >= 4 is 23.6 Å². The van der Waals surface area contributed by atoms with Crippen molar-refractivity contribution in [3.05, 3.63) is 6.33 Å². The Balaban J connectivity index is 2.38. The minimum absolute atomic E-state index is 0.0429. The third-order valence-corrected chi connectivity index (χ3v) is 3.67. The molecule has 0 aliphatic rings. The summed E-state index contributed by atoms with van der Waals surface area (Å²) in [5, 5.41) is 17.1. The van der Waals surface area contributed by atoms with Gasteiger partial charge < -0.3 is 14.6 Å². The van der Waals surface area contributed by atoms with Crippen LogP contribution in [-0.4, -0.2) is 56.0 Å². The Bertz CT molecular complexity index is 461. The predicted octanol–water partition coefficient (Wildman–Crippen LogP) is 1.27. The minimum atomic E-state index is -0.842. The van der Waals surface area contributed by atoms with E-state index >= 15 is 0 Å². The zero-order valence-corrected chi connectivity index (χ0v) is 12.8. The van der Waals surface area contributed by atoms with Crippen molar-refractivity contribution in [1.29, 1.82) is 0 Å². The molecule has 0 atom stereocenters. The van der Waals surface area contributed by atoms with E-state index in [2.05, 4.69) is 10.2 Å². The van der Waals surface area contributed by atoms with Crippen molar-refractivity contribution in [2.45, 2.75) is 37.9 Å². The number of amides is 1. The monoisotopic (exact) mass is 300 g/mol. The summed E-state index contributed by atoms with van der Waals surface area (Å²) in [7, 11) is 1.68. The van der Waals surface area contributed by atoms with Crippen molar-refractivity contribution in [2.75, 3.05) is 19.3 Å². The van der Waals surface area contributed by atoms with Gasteiger partial charge in [0.1, 0.15) is 6.33 Å². The number of carbonyl (C=O) groups excluding carboxylic acids is 1. The number of thioether (sulfide) groups is 1. The van der Waals surface area contributed by atoms with Crippen molar-refractivity contribution in [3.63, 3.8) is 0 Å². The van der Waals surface area contributed by atoms with Crippen LogP contribution in [0.4, 0.5) is 0 Å². The summed E-state index contributed by atoms with van der Waals surface area (Å²) in [5.41, 5.74) is 0. The number of hydrogen-bond donors (Lipinski definition) is 1. The van der Waals surface area contributed by atoms with E-state index in [0.717, 1.165) is 0 Å². The molecule has 0 aliphatic carbocycles. The first-order chi connectivity index (χ1) is 9.41. The van der Waals surface area contributed by atoms with Gasteiger partial charge in [0.25, 0.3) is 0 Å². The first-order valence-corrected chi connectivity index (χ1v) is 7.38. The van der Waals surface area contributed by atoms with E-state index in [0.29, 0.717) is 18.1 Å². The highest BCUT2D eigenvalue weighted by Gasteiger charge is 2.13. The third-order valence-electron chi connectivity index (χ3n) is 2.73. The Morgan fingerprint density at radius 2 is 2.20 bits per heavy atom. The van der Waals surface area contributed by atoms with Crippen LogP contribution in [0, 0.1) is 0 Å². The summed E-state index contributed by atoms with van der Waals surface area (Å²) in [4.78, 5) is 23.9. The summed E-state index contributed by atoms with van der Waals surface area (Å²) >= 11 is 1.34. The molecule has 112 valence electrons. The molecule has 0 saturated heterocycles. The van der Waals surface area contributed by atoms with Gasteiger partial charge in [0, 0.05) is 26.1 Å². The molecular formula is C12H20N4O3S. The van der Waals surface area contributed by atoms with Gasteiger partial charge in [-0.25, -0.2) is 0 Å². The molecule has 8 heteroatoms. The molecule has 1 aromatic heterocycles. The molecule has 1 N–H and O–H groups in total. The van der Waals surface area contributed by atoms with Gasteiger partial charge in [-0.15, -0.1) is 10.2 Å². The Morgan fingerprint density at radius 1 is 1.50 bits per heavy atom. The van der Waals surface area contributed by atoms with E-state index in [1.807, 2.05) is 18.4 Å². The highest BCUT2D eigenvalue weighted by atomic mass is 32.2. The zero-order chi connectivity index (χ0) is 15.1. The topological polar surface area (TPSA) is 88.3 Å². The van der Waals surface area contributed by atoms with Crippen molar-refractivity contribution in [1.82, 2.24) is 19.7 Å². The maximum Gasteiger partial charge on any atom is 0.303 e. The number of aliphatic carboxylic acids is 1. The van der Waals surface area contributed by atoms with Crippen molar-refractivity contribution in [2.24, 2.45) is 0 Å². The largest absolute Gasteiger partial charge is 0.481 e. The fourth-order valence-corrected chi connectivity index (χ4v) is 2.50. The lowest BCUT2D eigenvalue weighted by Gasteiger charge is -2.16. The summed E-state index contributed by atoms with van der Waals surface area (Å²) < 4.78 is 1.91. The van der Waals surface area contributed by atoms with Gasteiger partial charge in [-0.05, 0) is 20.3 Å². The summed E-state index contributed by atoms with van der Waals surface area (Å²) in [6.45, 7) is 4.49. The first-order valence-electron chi connectivity index (χ1n) is 6.40. The first kappa shape index (κ1) is 16.5. The number of nitrogens with zero attached hydrogens (tertiary/aromatic N) is 4. The maximum absolute atomic E-state index is 11.9. The normalized spacial score (nSPS) is 10.8. The van der Waals surface area contributed by atoms with Crippen molar-refractivity contribution < 1.29 is 14.7 Å². The number of rotatable bonds is 8. The lowest BCUT2D eigenvalue weighted by Crippen LogP contribution is -2.29. The van der Waals surface area contributed by atoms with Crippen LogP contribution in [0.1, 0.15) is 32.7 Å². The molecule has 20 heavy (non-hydrogen) atoms. The number of hydrogen-bond acceptors (Lipinski definition) is 5. The smallest absolute Gasteiger partial charge is 0.303 e. The second kappa shape index (κ2) is 7.88. The van der Waals surface area contributed by atoms with Crippen LogP contribution in [-0.2, 0) is 9.59 Å². The molecule has 0 unspecified atom stereocenters. The van der Waals surface area contributed by atoms with Gasteiger partial charge in [0.05, 0.1) is 5.75 Å². The SMILES string of the molecule is CC(C)n1cnnc1SCC(=O)N(C)CCCC(=O)O. The van der Waals surface area contributed by atoms with Crippen LogP contribution in [0.5, 0.6) is 0 Å². The van der Waals surface area contributed by atoms with E-state index in [4.69, 9.17) is 5.11 Å². The standard InChI is InChI=1S/C12H20N4O3S/c1-9(2)16-8-13-14-12(16)20-7-10(17)15(3)6-4-5-11(18)19/h8-9H,4-7H2,1-3H3,(H,18,19). The van der Waals surface area contributed by atoms with E-state index in [1.54, 1.807) is 18.3 Å². The quantitative estimate of drug-likeness (QED) is 0.727. The van der Waals surface area contributed by atoms with Gasteiger partial charge in [-0.3, -0.25) is 9.59 Å². The molecular weight excluding hydrogens is 280 g/mol. The molecule has 1 amide bonds. The van der Waals surface area contributed by atoms with Crippen LogP contribution < -0.4 is 0 Å². The van der Waals surface area contributed by atoms with Crippen LogP contribution in [0.15, 0.2) is 11.5 Å². The van der Waals surface area contributed by atoms with Gasteiger partial charge >= 0.3 is 5.97 Å². The molecule has 0 bridgehead atoms. The Morgan fingerprint density at radius 3 is 2.80 bits per heavy atom. The predicted molar refractivity (Wildman–Crippen MR) is 75.6 cm³/mol. The molecule has 0 fully saturated rings. The Labute approximate surface area is 122 Å². The Kier molecular flexibility index (Phi) is 6.50. The second-order valence-corrected chi connectivity index (χ2v) is 5.66. The van der Waals surface area contributed by atoms with E-state index in [-0.39, 0.29) is 24.1 Å². The lowest BCUT2D eigenvalue weighted by molar-refractivity contribution is -0.137. The minimum Gasteiger partial charge on any atom is -0.481 e. The molecule has 0 aliphatic heterocycles. The number of aromatic nitrogens is 3. The molecule has 0 aromatic carbocycles. The maximum atomic E-state index is 11.9. The highest BCUT2D eigenvalue weighted by molar-refractivity contribution is 7.99. The average molecular weight is 300 g/mol. The summed E-state index contributed by atoms with van der Waals surface area (Å²) in [5.74, 6) is -0.612. The molecule has 0 radical (unpaired) electrons. The van der Waals surface area contributed by atoms with Gasteiger partial charge in [0.2, 0.25) is 5.91 Å². The third kappa shape index (κ3) is 5.20. The molecule has 0 saturated carbocycles. The van der Waals surface area contributed by atoms with Gasteiger partial charge in [-0.2, -0.15) is 0 Å². The van der Waals surface area contributed by atoms with Crippen LogP contribution >= 0.6 is 11.8 Å². The number of carboxylic acids is 1. The lowest BCUT2D eigenvalue weighted by atomic mass is 10.3. The van der Waals surface area contributed by atoms with E-state index in [9.17, 15) is 9.59 Å². The van der Waals surface area contributed by atoms with E-state index in [1.165, 1.54) is 11.8 Å². The summed E-state index contributed by atoms with van der Waals surface area (Å²) in [6.07, 6.45) is 2.19. The van der Waals surface area contributed by atoms with Gasteiger partial charge in [0.15, 0.2) is 5.16 Å². The van der Waals surface area contributed by atoms with E-state index < -0.39 is 5.97 Å². The number of carbonyl (C=O) groups is 2. The molecule has 7 nitrogen and oxygen atoms in total. The van der Waals surface area contributed by atoms with Crippen LogP contribution in [0.25, 0.3) is 0 Å². The summed E-state index contributed by atoms with van der Waals surface area (Å²) in [6, 6.07) is 0.246. The van der Waals surface area contributed by atoms with Crippen LogP contribution in [0.3, 0.4) is 0 Å². The van der Waals surface area contributed by atoms with Crippen molar-refractivity contribution in [3.8, 4) is 0 Å². The zero-order valence-electron chi connectivity index (χ0n) is 11.9. The number of carboxylic acid groups (broad SMARTS) is 1. The molecule has 1 rings (SSSR count).